The Morgan fingerprint density at radius 1 is 1.17 bits per heavy atom. The molecule has 3 aromatic rings. The van der Waals surface area contributed by atoms with Gasteiger partial charge in [0.2, 0.25) is 15.9 Å². The minimum Gasteiger partial charge on any atom is -0.350 e. The molecule has 1 aromatic carbocycles. The van der Waals surface area contributed by atoms with E-state index in [1.165, 1.54) is 17.4 Å². The van der Waals surface area contributed by atoms with Crippen molar-refractivity contribution in [2.24, 2.45) is 0 Å². The van der Waals surface area contributed by atoms with E-state index >= 15 is 0 Å². The van der Waals surface area contributed by atoms with E-state index in [4.69, 9.17) is 0 Å². The molecule has 24 heavy (non-hydrogen) atoms. The van der Waals surface area contributed by atoms with Gasteiger partial charge in [-0.1, -0.05) is 18.2 Å². The molecule has 2 N–H and O–H groups in total. The number of nitrogens with zero attached hydrogens (tertiary/aromatic N) is 1. The lowest BCUT2D eigenvalue weighted by Crippen LogP contribution is -2.30. The number of sulfonamides is 1. The van der Waals surface area contributed by atoms with Crippen molar-refractivity contribution in [2.75, 3.05) is 6.54 Å². The van der Waals surface area contributed by atoms with Gasteiger partial charge in [-0.3, -0.25) is 4.79 Å². The van der Waals surface area contributed by atoms with Crippen LogP contribution in [-0.4, -0.2) is 25.9 Å². The largest absolute Gasteiger partial charge is 0.350 e. The fraction of sp³-hybridized carbons (Fsp3) is 0.200. The first-order valence-electron chi connectivity index (χ1n) is 7.19. The van der Waals surface area contributed by atoms with Gasteiger partial charge in [-0.2, -0.15) is 0 Å². The van der Waals surface area contributed by atoms with E-state index in [9.17, 15) is 13.2 Å². The first kappa shape index (κ1) is 17.0. The number of nitrogens with one attached hydrogen (secondary N) is 2. The van der Waals surface area contributed by atoms with Gasteiger partial charge in [0.25, 0.3) is 0 Å². The van der Waals surface area contributed by atoms with Gasteiger partial charge in [-0.15, -0.1) is 22.7 Å². The number of aromatic nitrogens is 1. The molecular formula is C15H15N3O3S3. The molecule has 0 fully saturated rings. The van der Waals surface area contributed by atoms with Gasteiger partial charge in [-0.25, -0.2) is 18.1 Å². The molecule has 0 saturated heterocycles. The molecular weight excluding hydrogens is 366 g/mol. The Kier molecular flexibility index (Phi) is 5.24. The fourth-order valence-electron chi connectivity index (χ4n) is 2.04. The number of amides is 1. The summed E-state index contributed by atoms with van der Waals surface area (Å²) in [5, 5.41) is 5.27. The summed E-state index contributed by atoms with van der Waals surface area (Å²) < 4.78 is 27.6. The number of rotatable bonds is 7. The lowest BCUT2D eigenvalue weighted by molar-refractivity contribution is -0.121. The molecule has 0 aliphatic rings. The summed E-state index contributed by atoms with van der Waals surface area (Å²) in [6.07, 6.45) is 0.0789. The molecule has 1 amide bonds. The molecule has 0 aliphatic heterocycles. The molecule has 0 bridgehead atoms. The van der Waals surface area contributed by atoms with Crippen LogP contribution >= 0.6 is 22.7 Å². The number of thiazole rings is 1. The number of thiophene rings is 1. The van der Waals surface area contributed by atoms with E-state index in [0.29, 0.717) is 6.54 Å². The van der Waals surface area contributed by atoms with Gasteiger partial charge >= 0.3 is 0 Å². The predicted octanol–water partition coefficient (Wildman–Crippen LogP) is 2.34. The SMILES string of the molecule is O=C(CCNS(=O)(=O)c1cccs1)NCc1nc2ccccc2s1. The predicted molar refractivity (Wildman–Crippen MR) is 95.6 cm³/mol. The van der Waals surface area contributed by atoms with Crippen molar-refractivity contribution in [3.63, 3.8) is 0 Å². The molecule has 2 heterocycles. The molecule has 0 spiro atoms. The maximum Gasteiger partial charge on any atom is 0.250 e. The zero-order valence-corrected chi connectivity index (χ0v) is 15.0. The number of hydrogen-bond donors (Lipinski definition) is 2. The second kappa shape index (κ2) is 7.39. The third-order valence-electron chi connectivity index (χ3n) is 3.18. The lowest BCUT2D eigenvalue weighted by atomic mass is 10.3. The number of carbonyl (C=O) groups is 1. The third kappa shape index (κ3) is 4.18. The van der Waals surface area contributed by atoms with Crippen LogP contribution in [0.2, 0.25) is 0 Å². The molecule has 0 unspecified atom stereocenters. The van der Waals surface area contributed by atoms with Gasteiger partial charge < -0.3 is 5.32 Å². The molecule has 126 valence electrons. The van der Waals surface area contributed by atoms with Crippen LogP contribution in [-0.2, 0) is 21.4 Å². The normalized spacial score (nSPS) is 11.7. The quantitative estimate of drug-likeness (QED) is 0.657. The van der Waals surface area contributed by atoms with Crippen LogP contribution < -0.4 is 10.0 Å². The number of para-hydroxylation sites is 1. The summed E-state index contributed by atoms with van der Waals surface area (Å²) in [7, 11) is -3.52. The Morgan fingerprint density at radius 2 is 2.00 bits per heavy atom. The number of benzene rings is 1. The molecule has 0 atom stereocenters. The molecule has 2 aromatic heterocycles. The van der Waals surface area contributed by atoms with E-state index in [-0.39, 0.29) is 23.1 Å². The Hall–Kier alpha value is -1.81. The Balaban J connectivity index is 1.46. The first-order valence-corrected chi connectivity index (χ1v) is 10.4. The van der Waals surface area contributed by atoms with Crippen LogP contribution in [0.1, 0.15) is 11.4 Å². The second-order valence-corrected chi connectivity index (χ2v) is 8.99. The summed E-state index contributed by atoms with van der Waals surface area (Å²) in [6.45, 7) is 0.405. The van der Waals surface area contributed by atoms with Crippen molar-refractivity contribution in [1.29, 1.82) is 0 Å². The molecule has 6 nitrogen and oxygen atoms in total. The lowest BCUT2D eigenvalue weighted by Gasteiger charge is -2.05. The molecule has 9 heteroatoms. The smallest absolute Gasteiger partial charge is 0.250 e. The number of hydrogen-bond acceptors (Lipinski definition) is 6. The highest BCUT2D eigenvalue weighted by Crippen LogP contribution is 2.21. The zero-order chi connectivity index (χ0) is 17.0. The number of carbonyl (C=O) groups excluding carboxylic acids is 1. The zero-order valence-electron chi connectivity index (χ0n) is 12.6. The van der Waals surface area contributed by atoms with Crippen LogP contribution in [0.5, 0.6) is 0 Å². The van der Waals surface area contributed by atoms with E-state index in [0.717, 1.165) is 26.6 Å². The minimum absolute atomic E-state index is 0.0614. The molecule has 0 saturated carbocycles. The standard InChI is InChI=1S/C15H15N3O3S3/c19-13(7-8-17-24(20,21)15-6-3-9-22-15)16-10-14-18-11-4-1-2-5-12(11)23-14/h1-6,9,17H,7-8,10H2,(H,16,19). The summed E-state index contributed by atoms with van der Waals surface area (Å²) >= 11 is 2.67. The van der Waals surface area contributed by atoms with Gasteiger partial charge in [-0.05, 0) is 23.6 Å². The van der Waals surface area contributed by atoms with E-state index in [1.54, 1.807) is 11.4 Å². The summed E-state index contributed by atoms with van der Waals surface area (Å²) in [6, 6.07) is 11.0. The van der Waals surface area contributed by atoms with Gasteiger partial charge in [0, 0.05) is 13.0 Å². The average molecular weight is 382 g/mol. The number of fused-ring (bicyclic) bond motifs is 1. The van der Waals surface area contributed by atoms with Crippen LogP contribution in [0, 0.1) is 0 Å². The van der Waals surface area contributed by atoms with Crippen LogP contribution in [0.25, 0.3) is 10.2 Å². The van der Waals surface area contributed by atoms with Crippen molar-refractivity contribution >= 4 is 48.8 Å². The van der Waals surface area contributed by atoms with Crippen LogP contribution in [0.15, 0.2) is 46.0 Å². The highest BCUT2D eigenvalue weighted by molar-refractivity contribution is 7.91. The Labute approximate surface area is 147 Å². The second-order valence-electron chi connectivity index (χ2n) is 4.93. The van der Waals surface area contributed by atoms with E-state index in [1.807, 2.05) is 24.3 Å². The van der Waals surface area contributed by atoms with E-state index in [2.05, 4.69) is 15.0 Å². The van der Waals surface area contributed by atoms with Crippen molar-refractivity contribution < 1.29 is 13.2 Å². The highest BCUT2D eigenvalue weighted by atomic mass is 32.2. The van der Waals surface area contributed by atoms with E-state index < -0.39 is 10.0 Å². The Morgan fingerprint density at radius 3 is 2.75 bits per heavy atom. The van der Waals surface area contributed by atoms with Crippen LogP contribution in [0.4, 0.5) is 0 Å². The monoisotopic (exact) mass is 381 g/mol. The average Bonchev–Trinajstić information content (AvgIpc) is 3.22. The highest BCUT2D eigenvalue weighted by Gasteiger charge is 2.15. The van der Waals surface area contributed by atoms with Crippen LogP contribution in [0.3, 0.4) is 0 Å². The summed E-state index contributed by atoms with van der Waals surface area (Å²) in [5.74, 6) is -0.219. The maximum absolute atomic E-state index is 11.9. The molecule has 0 aliphatic carbocycles. The van der Waals surface area contributed by atoms with Gasteiger partial charge in [0.05, 0.1) is 16.8 Å². The summed E-state index contributed by atoms with van der Waals surface area (Å²) in [5.41, 5.74) is 0.912. The molecule has 0 radical (unpaired) electrons. The fourth-order valence-corrected chi connectivity index (χ4v) is 5.02. The van der Waals surface area contributed by atoms with Crippen molar-refractivity contribution in [3.8, 4) is 0 Å². The van der Waals surface area contributed by atoms with Crippen molar-refractivity contribution in [3.05, 3.63) is 46.8 Å². The van der Waals surface area contributed by atoms with Crippen molar-refractivity contribution in [2.45, 2.75) is 17.2 Å². The van der Waals surface area contributed by atoms with Gasteiger partial charge in [0.1, 0.15) is 9.22 Å². The Bertz CT molecular complexity index is 900. The molecule has 3 rings (SSSR count). The maximum atomic E-state index is 11.9. The van der Waals surface area contributed by atoms with Crippen molar-refractivity contribution in [1.82, 2.24) is 15.0 Å². The third-order valence-corrected chi connectivity index (χ3v) is 7.07. The van der Waals surface area contributed by atoms with Gasteiger partial charge in [0.15, 0.2) is 0 Å². The minimum atomic E-state index is -3.52. The summed E-state index contributed by atoms with van der Waals surface area (Å²) in [4.78, 5) is 16.3. The first-order chi connectivity index (χ1) is 11.5. The topological polar surface area (TPSA) is 88.2 Å².